The normalized spacial score (nSPS) is 19.7. The third-order valence-electron chi connectivity index (χ3n) is 5.89. The van der Waals surface area contributed by atoms with Crippen LogP contribution in [0.2, 0.25) is 0 Å². The van der Waals surface area contributed by atoms with Crippen LogP contribution in [-0.2, 0) is 20.8 Å². The Bertz CT molecular complexity index is 1060. The van der Waals surface area contributed by atoms with Crippen molar-refractivity contribution in [3.8, 4) is 5.69 Å². The molecule has 162 valence electrons. The van der Waals surface area contributed by atoms with Crippen LogP contribution in [0.3, 0.4) is 0 Å². The van der Waals surface area contributed by atoms with E-state index in [9.17, 15) is 4.79 Å². The summed E-state index contributed by atoms with van der Waals surface area (Å²) in [6.07, 6.45) is 3.57. The smallest absolute Gasteiger partial charge is 0.247 e. The molecule has 9 nitrogen and oxygen atoms in total. The molecule has 5 rings (SSSR count). The second kappa shape index (κ2) is 8.62. The van der Waals surface area contributed by atoms with Crippen LogP contribution in [0.1, 0.15) is 5.56 Å². The van der Waals surface area contributed by atoms with Gasteiger partial charge in [-0.2, -0.15) is 0 Å². The molecular formula is C22H26N6O3. The Balaban J connectivity index is 1.54. The summed E-state index contributed by atoms with van der Waals surface area (Å²) in [5.41, 5.74) is 8.61. The quantitative estimate of drug-likeness (QED) is 0.668. The standard InChI is InChI=1S/C22H26N6O3/c23-13-16-1-3-17(4-2-16)28-19-14-24-6-5-18(19)21(25-28)27-9-12-31-15-20(27)22(29)26-7-10-30-11-8-26/h1-6,14,20H,7-13,15,23H2. The van der Waals surface area contributed by atoms with Crippen LogP contribution in [0.25, 0.3) is 16.6 Å². The van der Waals surface area contributed by atoms with Crippen molar-refractivity contribution in [2.45, 2.75) is 12.6 Å². The van der Waals surface area contributed by atoms with Crippen molar-refractivity contribution in [1.29, 1.82) is 0 Å². The van der Waals surface area contributed by atoms with E-state index < -0.39 is 6.04 Å². The first-order chi connectivity index (χ1) is 15.3. The first-order valence-corrected chi connectivity index (χ1v) is 10.6. The Morgan fingerprint density at radius 3 is 2.61 bits per heavy atom. The lowest BCUT2D eigenvalue weighted by Gasteiger charge is -2.38. The van der Waals surface area contributed by atoms with E-state index in [0.29, 0.717) is 52.6 Å². The molecule has 2 aliphatic rings. The number of anilines is 1. The largest absolute Gasteiger partial charge is 0.378 e. The van der Waals surface area contributed by atoms with Crippen LogP contribution in [0, 0.1) is 0 Å². The molecule has 1 unspecified atom stereocenters. The lowest BCUT2D eigenvalue weighted by Crippen LogP contribution is -2.57. The summed E-state index contributed by atoms with van der Waals surface area (Å²) in [7, 11) is 0. The second-order valence-electron chi connectivity index (χ2n) is 7.72. The maximum Gasteiger partial charge on any atom is 0.247 e. The number of hydrogen-bond acceptors (Lipinski definition) is 7. The van der Waals surface area contributed by atoms with E-state index in [-0.39, 0.29) is 5.91 Å². The topological polar surface area (TPSA) is 98.7 Å². The summed E-state index contributed by atoms with van der Waals surface area (Å²) in [6.45, 7) is 4.35. The first-order valence-electron chi connectivity index (χ1n) is 10.6. The van der Waals surface area contributed by atoms with Gasteiger partial charge in [-0.25, -0.2) is 4.68 Å². The molecule has 2 fully saturated rings. The molecule has 2 aliphatic heterocycles. The summed E-state index contributed by atoms with van der Waals surface area (Å²) >= 11 is 0. The molecule has 2 N–H and O–H groups in total. The van der Waals surface area contributed by atoms with E-state index in [4.69, 9.17) is 20.3 Å². The van der Waals surface area contributed by atoms with Crippen LogP contribution in [0.5, 0.6) is 0 Å². The van der Waals surface area contributed by atoms with E-state index in [1.807, 2.05) is 46.1 Å². The zero-order valence-electron chi connectivity index (χ0n) is 17.3. The van der Waals surface area contributed by atoms with E-state index >= 15 is 0 Å². The van der Waals surface area contributed by atoms with Crippen molar-refractivity contribution >= 4 is 22.6 Å². The highest BCUT2D eigenvalue weighted by atomic mass is 16.5. The molecule has 0 bridgehead atoms. The number of hydrogen-bond donors (Lipinski definition) is 1. The number of morpholine rings is 2. The lowest BCUT2D eigenvalue weighted by atomic mass is 10.1. The van der Waals surface area contributed by atoms with Crippen LogP contribution in [0.15, 0.2) is 42.7 Å². The zero-order valence-corrected chi connectivity index (χ0v) is 17.3. The summed E-state index contributed by atoms with van der Waals surface area (Å²) in [4.78, 5) is 21.6. The third kappa shape index (κ3) is 3.76. The molecule has 0 aliphatic carbocycles. The van der Waals surface area contributed by atoms with Gasteiger partial charge in [-0.1, -0.05) is 12.1 Å². The van der Waals surface area contributed by atoms with Crippen molar-refractivity contribution in [2.75, 3.05) is 51.0 Å². The molecule has 0 saturated carbocycles. The Morgan fingerprint density at radius 1 is 1.06 bits per heavy atom. The van der Waals surface area contributed by atoms with E-state index in [0.717, 1.165) is 28.0 Å². The lowest BCUT2D eigenvalue weighted by molar-refractivity contribution is -0.139. The van der Waals surface area contributed by atoms with Gasteiger partial charge in [0.1, 0.15) is 6.04 Å². The summed E-state index contributed by atoms with van der Waals surface area (Å²) < 4.78 is 13.0. The third-order valence-corrected chi connectivity index (χ3v) is 5.89. The number of ether oxygens (including phenoxy) is 2. The minimum atomic E-state index is -0.411. The van der Waals surface area contributed by atoms with Gasteiger partial charge in [-0.15, -0.1) is 5.10 Å². The summed E-state index contributed by atoms with van der Waals surface area (Å²) in [5, 5.41) is 5.89. The molecule has 2 saturated heterocycles. The van der Waals surface area contributed by atoms with Gasteiger partial charge >= 0.3 is 0 Å². The summed E-state index contributed by atoms with van der Waals surface area (Å²) in [5.74, 6) is 0.835. The molecular weight excluding hydrogens is 396 g/mol. The van der Waals surface area contributed by atoms with Gasteiger partial charge in [0.2, 0.25) is 5.91 Å². The molecule has 1 aromatic carbocycles. The fourth-order valence-corrected chi connectivity index (χ4v) is 4.18. The van der Waals surface area contributed by atoms with Crippen molar-refractivity contribution < 1.29 is 14.3 Å². The molecule has 3 aromatic rings. The van der Waals surface area contributed by atoms with E-state index in [1.54, 1.807) is 6.20 Å². The zero-order chi connectivity index (χ0) is 21.2. The number of carbonyl (C=O) groups is 1. The fraction of sp³-hybridized carbons (Fsp3) is 0.409. The first kappa shape index (κ1) is 19.9. The van der Waals surface area contributed by atoms with Gasteiger partial charge in [0, 0.05) is 37.8 Å². The molecule has 4 heterocycles. The minimum absolute atomic E-state index is 0.0621. The number of nitrogens with two attached hydrogens (primary N) is 1. The van der Waals surface area contributed by atoms with Crippen LogP contribution >= 0.6 is 0 Å². The van der Waals surface area contributed by atoms with Gasteiger partial charge in [0.15, 0.2) is 5.82 Å². The van der Waals surface area contributed by atoms with E-state index in [1.165, 1.54) is 0 Å². The highest BCUT2D eigenvalue weighted by molar-refractivity contribution is 5.94. The van der Waals surface area contributed by atoms with Crippen molar-refractivity contribution in [3.05, 3.63) is 48.3 Å². The fourth-order valence-electron chi connectivity index (χ4n) is 4.18. The van der Waals surface area contributed by atoms with Gasteiger partial charge < -0.3 is 25.0 Å². The van der Waals surface area contributed by atoms with Crippen molar-refractivity contribution in [3.63, 3.8) is 0 Å². The van der Waals surface area contributed by atoms with Crippen LogP contribution in [-0.4, -0.2) is 77.7 Å². The Hall–Kier alpha value is -3.01. The molecule has 1 atom stereocenters. The number of nitrogens with zero attached hydrogens (tertiary/aromatic N) is 5. The van der Waals surface area contributed by atoms with Gasteiger partial charge in [0.25, 0.3) is 0 Å². The number of carbonyl (C=O) groups excluding carboxylic acids is 1. The molecule has 31 heavy (non-hydrogen) atoms. The number of aromatic nitrogens is 3. The monoisotopic (exact) mass is 422 g/mol. The SMILES string of the molecule is NCc1ccc(-n2nc(N3CCOCC3C(=O)N3CCOCC3)c3ccncc32)cc1. The Labute approximate surface area is 180 Å². The molecule has 1 amide bonds. The Morgan fingerprint density at radius 2 is 1.84 bits per heavy atom. The molecule has 0 spiro atoms. The number of rotatable bonds is 4. The predicted octanol–water partition coefficient (Wildman–Crippen LogP) is 0.943. The minimum Gasteiger partial charge on any atom is -0.378 e. The highest BCUT2D eigenvalue weighted by Gasteiger charge is 2.35. The maximum atomic E-state index is 13.3. The second-order valence-corrected chi connectivity index (χ2v) is 7.72. The number of benzene rings is 1. The number of fused-ring (bicyclic) bond motifs is 1. The van der Waals surface area contributed by atoms with Gasteiger partial charge in [0.05, 0.1) is 43.8 Å². The molecule has 2 aromatic heterocycles. The Kier molecular flexibility index (Phi) is 5.54. The van der Waals surface area contributed by atoms with Gasteiger partial charge in [-0.05, 0) is 23.8 Å². The van der Waals surface area contributed by atoms with Crippen molar-refractivity contribution in [2.24, 2.45) is 5.73 Å². The number of pyridine rings is 1. The highest BCUT2D eigenvalue weighted by Crippen LogP contribution is 2.30. The van der Waals surface area contributed by atoms with Crippen LogP contribution in [0.4, 0.5) is 5.82 Å². The van der Waals surface area contributed by atoms with Gasteiger partial charge in [-0.3, -0.25) is 9.78 Å². The molecule has 9 heteroatoms. The number of amides is 1. The summed E-state index contributed by atoms with van der Waals surface area (Å²) in [6, 6.07) is 9.54. The van der Waals surface area contributed by atoms with Crippen molar-refractivity contribution in [1.82, 2.24) is 19.7 Å². The maximum absolute atomic E-state index is 13.3. The average Bonchev–Trinajstić information content (AvgIpc) is 3.24. The van der Waals surface area contributed by atoms with E-state index in [2.05, 4.69) is 9.88 Å². The van der Waals surface area contributed by atoms with Crippen LogP contribution < -0.4 is 10.6 Å². The molecule has 0 radical (unpaired) electrons. The predicted molar refractivity (Wildman–Crippen MR) is 116 cm³/mol. The average molecular weight is 422 g/mol.